The lowest BCUT2D eigenvalue weighted by atomic mass is 10.0. The zero-order valence-electron chi connectivity index (χ0n) is 24.5. The number of piperazine rings is 1. The zero-order valence-corrected chi connectivity index (χ0v) is 24.5. The van der Waals surface area contributed by atoms with Crippen molar-refractivity contribution in [3.63, 3.8) is 0 Å². The molecule has 1 amide bonds. The number of nitrogens with zero attached hydrogens (tertiary/aromatic N) is 5. The lowest BCUT2D eigenvalue weighted by Crippen LogP contribution is -2.57. The van der Waals surface area contributed by atoms with Gasteiger partial charge in [-0.25, -0.2) is 9.97 Å². The summed E-state index contributed by atoms with van der Waals surface area (Å²) in [5, 5.41) is 21.2. The molecule has 2 atom stereocenters. The Balaban J connectivity index is 1.11. The maximum Gasteiger partial charge on any atom is 0.298 e. The van der Waals surface area contributed by atoms with Crippen molar-refractivity contribution < 1.29 is 29.3 Å². The lowest BCUT2D eigenvalue weighted by molar-refractivity contribution is -0.112. The number of aliphatic hydroxyl groups is 2. The van der Waals surface area contributed by atoms with Crippen molar-refractivity contribution in [1.29, 1.82) is 0 Å². The van der Waals surface area contributed by atoms with Gasteiger partial charge in [0.25, 0.3) is 11.7 Å². The number of rotatable bonds is 9. The van der Waals surface area contributed by atoms with Crippen LogP contribution in [0.3, 0.4) is 0 Å². The zero-order chi connectivity index (χ0) is 30.8. The number of ketones is 1. The van der Waals surface area contributed by atoms with E-state index in [1.807, 2.05) is 49.4 Å². The van der Waals surface area contributed by atoms with Gasteiger partial charge in [0.15, 0.2) is 5.75 Å². The second kappa shape index (κ2) is 12.3. The van der Waals surface area contributed by atoms with Gasteiger partial charge in [-0.2, -0.15) is 0 Å². The van der Waals surface area contributed by atoms with Gasteiger partial charge < -0.3 is 39.4 Å². The van der Waals surface area contributed by atoms with Gasteiger partial charge in [0, 0.05) is 49.7 Å². The van der Waals surface area contributed by atoms with E-state index in [-0.39, 0.29) is 19.3 Å². The first-order valence-electron chi connectivity index (χ1n) is 14.4. The Bertz CT molecular complexity index is 1660. The molecule has 0 spiro atoms. The number of aliphatic hydroxyl groups excluding tert-OH is 2. The number of benzene rings is 2. The average molecular weight is 599 g/mol. The Kier molecular flexibility index (Phi) is 8.18. The summed E-state index contributed by atoms with van der Waals surface area (Å²) < 4.78 is 13.3. The molecule has 0 radical (unpaired) electrons. The summed E-state index contributed by atoms with van der Waals surface area (Å²) in [6.07, 6.45) is 2.14. The van der Waals surface area contributed by atoms with Crippen molar-refractivity contribution in [2.45, 2.75) is 19.1 Å². The van der Waals surface area contributed by atoms with Crippen molar-refractivity contribution in [1.82, 2.24) is 14.5 Å². The highest BCUT2D eigenvalue weighted by molar-refractivity contribution is 6.47. The fraction of sp³-hybridized carbons (Fsp3) is 0.312. The van der Waals surface area contributed by atoms with Crippen molar-refractivity contribution >= 4 is 29.0 Å². The van der Waals surface area contributed by atoms with E-state index in [9.17, 15) is 14.7 Å². The van der Waals surface area contributed by atoms with Crippen molar-refractivity contribution in [3.8, 4) is 22.6 Å². The van der Waals surface area contributed by atoms with E-state index < -0.39 is 17.8 Å². The standard InChI is InChI=1S/C32H34N6O6/c1-20-12-26(21-6-4-3-5-7-21)29(36(20)2)30(41)31(42)35-22-8-9-27-28(13-22)44-18-23-16-37(10-11-38(23)27)32-33-14-25(15-34-32)43-19-24(40)17-39/h3-9,12-15,23-24,39-40H,10-11,16-19H2,1-2H3,(H,35,42)/t23-,24?/m0/s1. The van der Waals surface area contributed by atoms with Crippen LogP contribution in [0.4, 0.5) is 17.3 Å². The maximum atomic E-state index is 13.4. The number of anilines is 3. The number of ether oxygens (including phenoxy) is 2. The van der Waals surface area contributed by atoms with E-state index in [1.54, 1.807) is 36.1 Å². The summed E-state index contributed by atoms with van der Waals surface area (Å²) in [6.45, 7) is 3.97. The summed E-state index contributed by atoms with van der Waals surface area (Å²) in [7, 11) is 1.79. The molecule has 44 heavy (non-hydrogen) atoms. The second-order valence-electron chi connectivity index (χ2n) is 10.9. The predicted octanol–water partition coefficient (Wildman–Crippen LogP) is 2.43. The quantitative estimate of drug-likeness (QED) is 0.194. The van der Waals surface area contributed by atoms with Gasteiger partial charge in [0.2, 0.25) is 5.95 Å². The van der Waals surface area contributed by atoms with Crippen LogP contribution in [0, 0.1) is 6.92 Å². The molecule has 0 bridgehead atoms. The van der Waals surface area contributed by atoms with E-state index in [0.29, 0.717) is 55.1 Å². The highest BCUT2D eigenvalue weighted by Gasteiger charge is 2.34. The Hall–Kier alpha value is -4.94. The van der Waals surface area contributed by atoms with Gasteiger partial charge >= 0.3 is 0 Å². The van der Waals surface area contributed by atoms with Gasteiger partial charge in [-0.1, -0.05) is 30.3 Å². The highest BCUT2D eigenvalue weighted by atomic mass is 16.5. The second-order valence-corrected chi connectivity index (χ2v) is 10.9. The average Bonchev–Trinajstić information content (AvgIpc) is 3.36. The smallest absolute Gasteiger partial charge is 0.298 e. The van der Waals surface area contributed by atoms with Crippen LogP contribution in [0.15, 0.2) is 67.0 Å². The van der Waals surface area contributed by atoms with Gasteiger partial charge in [-0.3, -0.25) is 9.59 Å². The SMILES string of the molecule is Cc1cc(-c2ccccc2)c(C(=O)C(=O)Nc2ccc3c(c2)OC[C@@H]2CN(c4ncc(OCC(O)CO)cn4)CCN32)n1C. The third-order valence-corrected chi connectivity index (χ3v) is 7.97. The van der Waals surface area contributed by atoms with Crippen LogP contribution >= 0.6 is 0 Å². The largest absolute Gasteiger partial charge is 0.489 e. The lowest BCUT2D eigenvalue weighted by Gasteiger charge is -2.45. The Labute approximate surface area is 254 Å². The minimum Gasteiger partial charge on any atom is -0.489 e. The third kappa shape index (κ3) is 5.81. The topological polar surface area (TPSA) is 142 Å². The molecule has 1 unspecified atom stereocenters. The van der Waals surface area contributed by atoms with Crippen LogP contribution in [-0.2, 0) is 11.8 Å². The number of carbonyl (C=O) groups is 2. The Morgan fingerprint density at radius 2 is 1.89 bits per heavy atom. The molecule has 1 fully saturated rings. The molecule has 6 rings (SSSR count). The number of aromatic nitrogens is 3. The van der Waals surface area contributed by atoms with E-state index in [0.717, 1.165) is 22.5 Å². The number of Topliss-reactive ketones (excluding diaryl/α,β-unsaturated/α-hetero) is 1. The molecule has 2 aromatic heterocycles. The molecule has 2 aliphatic rings. The molecular formula is C32H34N6O6. The van der Waals surface area contributed by atoms with Crippen LogP contribution in [0.25, 0.3) is 11.1 Å². The predicted molar refractivity (Wildman–Crippen MR) is 164 cm³/mol. The summed E-state index contributed by atoms with van der Waals surface area (Å²) >= 11 is 0. The van der Waals surface area contributed by atoms with E-state index in [2.05, 4.69) is 25.1 Å². The number of nitrogens with one attached hydrogen (secondary N) is 1. The van der Waals surface area contributed by atoms with Gasteiger partial charge in [0.1, 0.15) is 30.8 Å². The number of carbonyl (C=O) groups excluding carboxylic acids is 2. The van der Waals surface area contributed by atoms with Crippen molar-refractivity contribution in [2.24, 2.45) is 7.05 Å². The normalized spacial score (nSPS) is 16.4. The minimum absolute atomic E-state index is 0.0415. The van der Waals surface area contributed by atoms with Crippen molar-refractivity contribution in [3.05, 3.63) is 78.4 Å². The number of hydrogen-bond acceptors (Lipinski definition) is 10. The highest BCUT2D eigenvalue weighted by Crippen LogP contribution is 2.38. The molecule has 228 valence electrons. The first kappa shape index (κ1) is 29.1. The number of hydrogen-bond donors (Lipinski definition) is 3. The molecule has 0 aliphatic carbocycles. The van der Waals surface area contributed by atoms with Crippen LogP contribution in [0.1, 0.15) is 16.2 Å². The summed E-state index contributed by atoms with van der Waals surface area (Å²) in [5.74, 6) is 0.291. The molecule has 4 heterocycles. The Morgan fingerprint density at radius 3 is 2.64 bits per heavy atom. The van der Waals surface area contributed by atoms with Crippen LogP contribution in [0.5, 0.6) is 11.5 Å². The summed E-state index contributed by atoms with van der Waals surface area (Å²) in [4.78, 5) is 39.7. The molecule has 12 nitrogen and oxygen atoms in total. The molecule has 1 saturated heterocycles. The third-order valence-electron chi connectivity index (χ3n) is 7.97. The van der Waals surface area contributed by atoms with E-state index >= 15 is 0 Å². The molecule has 2 aliphatic heterocycles. The maximum absolute atomic E-state index is 13.4. The van der Waals surface area contributed by atoms with Crippen LogP contribution < -0.4 is 24.6 Å². The minimum atomic E-state index is -0.960. The van der Waals surface area contributed by atoms with Crippen LogP contribution in [-0.4, -0.2) is 88.0 Å². The van der Waals surface area contributed by atoms with Gasteiger partial charge in [0.05, 0.1) is 30.7 Å². The summed E-state index contributed by atoms with van der Waals surface area (Å²) in [6, 6.07) is 17.0. The fourth-order valence-electron chi connectivity index (χ4n) is 5.56. The molecule has 12 heteroatoms. The van der Waals surface area contributed by atoms with Gasteiger partial charge in [-0.05, 0) is 30.7 Å². The van der Waals surface area contributed by atoms with Crippen molar-refractivity contribution in [2.75, 3.05) is 54.6 Å². The molecule has 0 saturated carbocycles. The van der Waals surface area contributed by atoms with E-state index in [4.69, 9.17) is 14.6 Å². The van der Waals surface area contributed by atoms with E-state index in [1.165, 1.54) is 0 Å². The van der Waals surface area contributed by atoms with Gasteiger partial charge in [-0.15, -0.1) is 0 Å². The Morgan fingerprint density at radius 1 is 1.11 bits per heavy atom. The molecule has 4 aromatic rings. The number of amides is 1. The number of aryl methyl sites for hydroxylation is 1. The number of fused-ring (bicyclic) bond motifs is 3. The van der Waals surface area contributed by atoms with Crippen LogP contribution in [0.2, 0.25) is 0 Å². The fourth-order valence-corrected chi connectivity index (χ4v) is 5.56. The monoisotopic (exact) mass is 598 g/mol. The molecule has 3 N–H and O–H groups in total. The first-order chi connectivity index (χ1) is 21.3. The first-order valence-corrected chi connectivity index (χ1v) is 14.4. The summed E-state index contributed by atoms with van der Waals surface area (Å²) in [5.41, 5.74) is 4.21. The molecular weight excluding hydrogens is 564 g/mol. The molecule has 2 aromatic carbocycles.